The Kier molecular flexibility index (Phi) is 6.07. The first-order valence-electron chi connectivity index (χ1n) is 8.94. The van der Waals surface area contributed by atoms with Crippen molar-refractivity contribution < 1.29 is 9.53 Å². The maximum Gasteiger partial charge on any atom is 0.220 e. The number of amides is 1. The lowest BCUT2D eigenvalue weighted by Gasteiger charge is -2.28. The van der Waals surface area contributed by atoms with Crippen molar-refractivity contribution in [2.75, 3.05) is 31.2 Å². The fourth-order valence-corrected chi connectivity index (χ4v) is 2.95. The van der Waals surface area contributed by atoms with Crippen LogP contribution in [0.5, 0.6) is 0 Å². The summed E-state index contributed by atoms with van der Waals surface area (Å²) in [4.78, 5) is 14.4. The summed E-state index contributed by atoms with van der Waals surface area (Å²) in [5.41, 5.74) is 4.79. The van der Waals surface area contributed by atoms with E-state index in [1.807, 2.05) is 0 Å². The third kappa shape index (κ3) is 5.33. The molecule has 4 nitrogen and oxygen atoms in total. The second kappa shape index (κ2) is 8.67. The molecule has 1 aliphatic heterocycles. The highest BCUT2D eigenvalue weighted by Crippen LogP contribution is 2.16. The van der Waals surface area contributed by atoms with Crippen molar-refractivity contribution in [1.82, 2.24) is 5.32 Å². The van der Waals surface area contributed by atoms with E-state index in [0.717, 1.165) is 38.3 Å². The fraction of sp³-hybridized carbons (Fsp3) is 0.381. The Balaban J connectivity index is 1.43. The van der Waals surface area contributed by atoms with Crippen LogP contribution >= 0.6 is 0 Å². The molecule has 3 rings (SSSR count). The number of benzene rings is 2. The Bertz CT molecular complexity index is 674. The Hall–Kier alpha value is -2.33. The van der Waals surface area contributed by atoms with Gasteiger partial charge in [-0.25, -0.2) is 0 Å². The standard InChI is InChI=1S/C21H26N2O2/c1-17-2-4-18(5-3-17)8-11-21(24)22-16-19-6-9-20(10-7-19)23-12-14-25-15-13-23/h2-7,9-10H,8,11-16H2,1H3,(H,22,24). The lowest BCUT2D eigenvalue weighted by Crippen LogP contribution is -2.36. The van der Waals surface area contributed by atoms with Gasteiger partial charge in [-0.15, -0.1) is 0 Å². The number of anilines is 1. The Morgan fingerprint density at radius 1 is 1.00 bits per heavy atom. The summed E-state index contributed by atoms with van der Waals surface area (Å²) in [6, 6.07) is 16.8. The molecule has 0 aliphatic carbocycles. The van der Waals surface area contributed by atoms with Gasteiger partial charge in [-0.3, -0.25) is 4.79 Å². The number of rotatable bonds is 6. The van der Waals surface area contributed by atoms with E-state index >= 15 is 0 Å². The minimum atomic E-state index is 0.0952. The number of hydrogen-bond acceptors (Lipinski definition) is 3. The molecule has 2 aromatic rings. The molecule has 132 valence electrons. The summed E-state index contributed by atoms with van der Waals surface area (Å²) in [6.45, 7) is 6.11. The van der Waals surface area contributed by atoms with Crippen molar-refractivity contribution in [3.63, 3.8) is 0 Å². The lowest BCUT2D eigenvalue weighted by atomic mass is 10.1. The molecule has 0 radical (unpaired) electrons. The van der Waals surface area contributed by atoms with Crippen LogP contribution in [0.25, 0.3) is 0 Å². The lowest BCUT2D eigenvalue weighted by molar-refractivity contribution is -0.121. The number of aryl methyl sites for hydroxylation is 2. The van der Waals surface area contributed by atoms with E-state index < -0.39 is 0 Å². The zero-order valence-electron chi connectivity index (χ0n) is 14.8. The molecule has 1 fully saturated rings. The number of morpholine rings is 1. The predicted octanol–water partition coefficient (Wildman–Crippen LogP) is 3.08. The third-order valence-electron chi connectivity index (χ3n) is 4.56. The minimum absolute atomic E-state index is 0.0952. The molecule has 1 N–H and O–H groups in total. The monoisotopic (exact) mass is 338 g/mol. The third-order valence-corrected chi connectivity index (χ3v) is 4.56. The normalized spacial score (nSPS) is 14.4. The van der Waals surface area contributed by atoms with Crippen LogP contribution in [0.15, 0.2) is 48.5 Å². The summed E-state index contributed by atoms with van der Waals surface area (Å²) < 4.78 is 5.38. The van der Waals surface area contributed by atoms with Gasteiger partial charge in [0, 0.05) is 31.7 Å². The topological polar surface area (TPSA) is 41.6 Å². The van der Waals surface area contributed by atoms with Crippen molar-refractivity contribution in [2.45, 2.75) is 26.3 Å². The van der Waals surface area contributed by atoms with Gasteiger partial charge in [-0.1, -0.05) is 42.0 Å². The zero-order valence-corrected chi connectivity index (χ0v) is 14.8. The molecule has 0 unspecified atom stereocenters. The minimum Gasteiger partial charge on any atom is -0.378 e. The largest absolute Gasteiger partial charge is 0.378 e. The van der Waals surface area contributed by atoms with E-state index in [4.69, 9.17) is 4.74 Å². The molecule has 0 atom stereocenters. The summed E-state index contributed by atoms with van der Waals surface area (Å²) in [5.74, 6) is 0.0952. The highest BCUT2D eigenvalue weighted by atomic mass is 16.5. The van der Waals surface area contributed by atoms with Crippen LogP contribution in [0.2, 0.25) is 0 Å². The van der Waals surface area contributed by atoms with Crippen LogP contribution in [-0.2, 0) is 22.5 Å². The van der Waals surface area contributed by atoms with E-state index in [-0.39, 0.29) is 5.91 Å². The molecular formula is C21H26N2O2. The SMILES string of the molecule is Cc1ccc(CCC(=O)NCc2ccc(N3CCOCC3)cc2)cc1. The molecule has 1 saturated heterocycles. The van der Waals surface area contributed by atoms with Gasteiger partial charge >= 0.3 is 0 Å². The second-order valence-electron chi connectivity index (χ2n) is 6.53. The van der Waals surface area contributed by atoms with Crippen LogP contribution in [0.3, 0.4) is 0 Å². The van der Waals surface area contributed by atoms with Crippen LogP contribution < -0.4 is 10.2 Å². The van der Waals surface area contributed by atoms with E-state index in [1.54, 1.807) is 0 Å². The summed E-state index contributed by atoms with van der Waals surface area (Å²) in [5, 5.41) is 3.01. The molecule has 1 aliphatic rings. The molecule has 2 aromatic carbocycles. The molecule has 4 heteroatoms. The van der Waals surface area contributed by atoms with Crippen molar-refractivity contribution in [3.8, 4) is 0 Å². The first-order valence-corrected chi connectivity index (χ1v) is 8.94. The molecule has 0 aromatic heterocycles. The van der Waals surface area contributed by atoms with Gasteiger partial charge in [0.05, 0.1) is 13.2 Å². The van der Waals surface area contributed by atoms with E-state index in [9.17, 15) is 4.79 Å². The highest BCUT2D eigenvalue weighted by molar-refractivity contribution is 5.76. The Morgan fingerprint density at radius 2 is 1.64 bits per heavy atom. The van der Waals surface area contributed by atoms with Crippen molar-refractivity contribution in [1.29, 1.82) is 0 Å². The van der Waals surface area contributed by atoms with Crippen LogP contribution in [0.1, 0.15) is 23.1 Å². The van der Waals surface area contributed by atoms with Gasteiger partial charge in [-0.05, 0) is 36.6 Å². The fourth-order valence-electron chi connectivity index (χ4n) is 2.95. The highest BCUT2D eigenvalue weighted by Gasteiger charge is 2.10. The molecule has 0 saturated carbocycles. The molecular weight excluding hydrogens is 312 g/mol. The van der Waals surface area contributed by atoms with Gasteiger partial charge in [0.1, 0.15) is 0 Å². The number of ether oxygens (including phenoxy) is 1. The number of nitrogens with one attached hydrogen (secondary N) is 1. The second-order valence-corrected chi connectivity index (χ2v) is 6.53. The summed E-state index contributed by atoms with van der Waals surface area (Å²) >= 11 is 0. The summed E-state index contributed by atoms with van der Waals surface area (Å²) in [6.07, 6.45) is 1.30. The molecule has 0 bridgehead atoms. The molecule has 25 heavy (non-hydrogen) atoms. The van der Waals surface area contributed by atoms with E-state index in [0.29, 0.717) is 13.0 Å². The number of carbonyl (C=O) groups excluding carboxylic acids is 1. The van der Waals surface area contributed by atoms with Gasteiger partial charge in [-0.2, -0.15) is 0 Å². The first-order chi connectivity index (χ1) is 12.2. The van der Waals surface area contributed by atoms with Crippen molar-refractivity contribution >= 4 is 11.6 Å². The average molecular weight is 338 g/mol. The van der Waals surface area contributed by atoms with Gasteiger partial charge in [0.25, 0.3) is 0 Å². The smallest absolute Gasteiger partial charge is 0.220 e. The maximum atomic E-state index is 12.0. The zero-order chi connectivity index (χ0) is 17.5. The molecule has 1 heterocycles. The quantitative estimate of drug-likeness (QED) is 0.880. The Morgan fingerprint density at radius 3 is 2.32 bits per heavy atom. The van der Waals surface area contributed by atoms with Crippen LogP contribution in [0, 0.1) is 6.92 Å². The maximum absolute atomic E-state index is 12.0. The predicted molar refractivity (Wildman–Crippen MR) is 101 cm³/mol. The van der Waals surface area contributed by atoms with Gasteiger partial charge in [0.15, 0.2) is 0 Å². The number of carbonyl (C=O) groups is 1. The molecule has 0 spiro atoms. The first kappa shape index (κ1) is 17.5. The average Bonchev–Trinajstić information content (AvgIpc) is 2.67. The van der Waals surface area contributed by atoms with E-state index in [1.165, 1.54) is 16.8 Å². The molecule has 1 amide bonds. The van der Waals surface area contributed by atoms with Crippen LogP contribution in [-0.4, -0.2) is 32.2 Å². The van der Waals surface area contributed by atoms with Crippen LogP contribution in [0.4, 0.5) is 5.69 Å². The number of hydrogen-bond donors (Lipinski definition) is 1. The van der Waals surface area contributed by atoms with Crippen molar-refractivity contribution in [2.24, 2.45) is 0 Å². The van der Waals surface area contributed by atoms with Gasteiger partial charge in [0.2, 0.25) is 5.91 Å². The van der Waals surface area contributed by atoms with Gasteiger partial charge < -0.3 is 15.0 Å². The summed E-state index contributed by atoms with van der Waals surface area (Å²) in [7, 11) is 0. The number of nitrogens with zero attached hydrogens (tertiary/aromatic N) is 1. The Labute approximate surface area is 149 Å². The van der Waals surface area contributed by atoms with Crippen molar-refractivity contribution in [3.05, 3.63) is 65.2 Å². The van der Waals surface area contributed by atoms with E-state index in [2.05, 4.69) is 65.7 Å².